The number of nitrogens with zero attached hydrogens (tertiary/aromatic N) is 3. The first-order valence-electron chi connectivity index (χ1n) is 11.5. The highest BCUT2D eigenvalue weighted by Gasteiger charge is 2.21. The number of aromatic amines is 1. The standard InChI is InChI=1S/C26H34N6O/c27-26(28)30-15-8-7-13-25(33)32(16-14-24-18-29-20-31-24)19-23(22-11-5-2-6-12-22)17-21-9-3-1-4-10-21/h1-6,9-12,18,20,23H,7-8,13-17,19H2,(H,29,31)(H4,27,28,30). The van der Waals surface area contributed by atoms with Gasteiger partial charge in [0.05, 0.1) is 6.33 Å². The zero-order chi connectivity index (χ0) is 23.3. The van der Waals surface area contributed by atoms with Crippen LogP contribution in [-0.2, 0) is 17.6 Å². The number of aliphatic imine (C=N–C) groups is 1. The Balaban J connectivity index is 1.71. The van der Waals surface area contributed by atoms with Crippen LogP contribution >= 0.6 is 0 Å². The average molecular weight is 447 g/mol. The Labute approximate surface area is 195 Å². The van der Waals surface area contributed by atoms with Crippen molar-refractivity contribution in [2.45, 2.75) is 38.0 Å². The van der Waals surface area contributed by atoms with Gasteiger partial charge in [0.15, 0.2) is 5.96 Å². The van der Waals surface area contributed by atoms with Crippen LogP contribution in [0.4, 0.5) is 0 Å². The summed E-state index contributed by atoms with van der Waals surface area (Å²) in [6, 6.07) is 20.9. The zero-order valence-corrected chi connectivity index (χ0v) is 19.1. The van der Waals surface area contributed by atoms with Gasteiger partial charge in [-0.3, -0.25) is 9.79 Å². The van der Waals surface area contributed by atoms with Crippen molar-refractivity contribution in [3.05, 3.63) is 90.0 Å². The van der Waals surface area contributed by atoms with Gasteiger partial charge >= 0.3 is 0 Å². The molecule has 0 aliphatic rings. The van der Waals surface area contributed by atoms with E-state index in [1.54, 1.807) is 6.33 Å². The third-order valence-electron chi connectivity index (χ3n) is 5.69. The van der Waals surface area contributed by atoms with Crippen LogP contribution in [0.25, 0.3) is 0 Å². The molecule has 1 amide bonds. The number of aromatic nitrogens is 2. The minimum absolute atomic E-state index is 0.0918. The maximum Gasteiger partial charge on any atom is 0.222 e. The van der Waals surface area contributed by atoms with Gasteiger partial charge in [0, 0.05) is 50.3 Å². The van der Waals surface area contributed by atoms with Crippen LogP contribution in [0.3, 0.4) is 0 Å². The molecule has 3 rings (SSSR count). The summed E-state index contributed by atoms with van der Waals surface area (Å²) < 4.78 is 0. The van der Waals surface area contributed by atoms with E-state index in [4.69, 9.17) is 11.5 Å². The number of rotatable bonds is 13. The summed E-state index contributed by atoms with van der Waals surface area (Å²) in [7, 11) is 0. The fourth-order valence-corrected chi connectivity index (χ4v) is 3.93. The number of hydrogen-bond acceptors (Lipinski definition) is 3. The molecule has 0 saturated carbocycles. The molecule has 0 saturated heterocycles. The van der Waals surface area contributed by atoms with Crippen molar-refractivity contribution in [2.75, 3.05) is 19.6 Å². The number of amides is 1. The van der Waals surface area contributed by atoms with Crippen molar-refractivity contribution < 1.29 is 4.79 Å². The van der Waals surface area contributed by atoms with Crippen molar-refractivity contribution in [1.29, 1.82) is 0 Å². The first-order valence-corrected chi connectivity index (χ1v) is 11.5. The fraction of sp³-hybridized carbons (Fsp3) is 0.346. The zero-order valence-electron chi connectivity index (χ0n) is 19.1. The molecule has 0 fully saturated rings. The number of hydrogen-bond donors (Lipinski definition) is 3. The monoisotopic (exact) mass is 446 g/mol. The third-order valence-corrected chi connectivity index (χ3v) is 5.69. The molecule has 0 spiro atoms. The van der Waals surface area contributed by atoms with Crippen LogP contribution in [0, 0.1) is 0 Å². The van der Waals surface area contributed by atoms with E-state index in [1.807, 2.05) is 23.2 Å². The molecule has 1 unspecified atom stereocenters. The van der Waals surface area contributed by atoms with Gasteiger partial charge < -0.3 is 21.4 Å². The summed E-state index contributed by atoms with van der Waals surface area (Å²) in [6.45, 7) is 1.86. The Bertz CT molecular complexity index is 969. The largest absolute Gasteiger partial charge is 0.370 e. The molecule has 1 aromatic heterocycles. The minimum Gasteiger partial charge on any atom is -0.370 e. The van der Waals surface area contributed by atoms with Crippen LogP contribution in [0.15, 0.2) is 78.2 Å². The predicted octanol–water partition coefficient (Wildman–Crippen LogP) is 3.25. The van der Waals surface area contributed by atoms with Gasteiger partial charge in [0.25, 0.3) is 0 Å². The van der Waals surface area contributed by atoms with Crippen LogP contribution in [0.2, 0.25) is 0 Å². The molecular formula is C26H34N6O. The molecule has 7 nitrogen and oxygen atoms in total. The third kappa shape index (κ3) is 8.44. The Morgan fingerprint density at radius 1 is 1.03 bits per heavy atom. The van der Waals surface area contributed by atoms with Gasteiger partial charge in [-0.1, -0.05) is 60.7 Å². The molecule has 1 heterocycles. The highest BCUT2D eigenvalue weighted by atomic mass is 16.2. The number of guanidine groups is 1. The summed E-state index contributed by atoms with van der Waals surface area (Å²) in [5.41, 5.74) is 14.3. The second-order valence-electron chi connectivity index (χ2n) is 8.23. The van der Waals surface area contributed by atoms with Crippen LogP contribution in [0.5, 0.6) is 0 Å². The van der Waals surface area contributed by atoms with Crippen molar-refractivity contribution in [2.24, 2.45) is 16.5 Å². The molecular weight excluding hydrogens is 412 g/mol. The molecule has 7 heteroatoms. The van der Waals surface area contributed by atoms with Gasteiger partial charge in [0.1, 0.15) is 0 Å². The summed E-state index contributed by atoms with van der Waals surface area (Å²) in [6.07, 6.45) is 7.13. The quantitative estimate of drug-likeness (QED) is 0.212. The van der Waals surface area contributed by atoms with Gasteiger partial charge in [-0.25, -0.2) is 4.98 Å². The fourth-order valence-electron chi connectivity index (χ4n) is 3.93. The maximum atomic E-state index is 13.2. The molecule has 33 heavy (non-hydrogen) atoms. The summed E-state index contributed by atoms with van der Waals surface area (Å²) in [5.74, 6) is 0.461. The van der Waals surface area contributed by atoms with E-state index < -0.39 is 0 Å². The smallest absolute Gasteiger partial charge is 0.222 e. The van der Waals surface area contributed by atoms with E-state index in [0.29, 0.717) is 26.1 Å². The lowest BCUT2D eigenvalue weighted by Gasteiger charge is -2.28. The van der Waals surface area contributed by atoms with Gasteiger partial charge in [0.2, 0.25) is 5.91 Å². The van der Waals surface area contributed by atoms with Crippen molar-refractivity contribution in [1.82, 2.24) is 14.9 Å². The highest BCUT2D eigenvalue weighted by Crippen LogP contribution is 2.23. The van der Waals surface area contributed by atoms with Crippen molar-refractivity contribution >= 4 is 11.9 Å². The summed E-state index contributed by atoms with van der Waals surface area (Å²) in [5, 5.41) is 0. The first-order chi connectivity index (χ1) is 16.1. The Morgan fingerprint density at radius 2 is 1.76 bits per heavy atom. The summed E-state index contributed by atoms with van der Waals surface area (Å²) in [4.78, 5) is 26.5. The molecule has 0 bridgehead atoms. The lowest BCUT2D eigenvalue weighted by molar-refractivity contribution is -0.131. The molecule has 2 aromatic carbocycles. The van der Waals surface area contributed by atoms with Crippen LogP contribution in [0.1, 0.15) is 42.0 Å². The number of carbonyl (C=O) groups is 1. The van der Waals surface area contributed by atoms with Crippen molar-refractivity contribution in [3.63, 3.8) is 0 Å². The second kappa shape index (κ2) is 13.1. The molecule has 0 radical (unpaired) electrons. The lowest BCUT2D eigenvalue weighted by Crippen LogP contribution is -2.37. The molecule has 0 aliphatic heterocycles. The maximum absolute atomic E-state index is 13.2. The Kier molecular flexibility index (Phi) is 9.51. The first kappa shape index (κ1) is 24.0. The number of carbonyl (C=O) groups excluding carboxylic acids is 1. The Morgan fingerprint density at radius 3 is 2.42 bits per heavy atom. The second-order valence-corrected chi connectivity index (χ2v) is 8.23. The summed E-state index contributed by atoms with van der Waals surface area (Å²) >= 11 is 0. The number of H-pyrrole nitrogens is 1. The van der Waals surface area contributed by atoms with Gasteiger partial charge in [-0.2, -0.15) is 0 Å². The van der Waals surface area contributed by atoms with E-state index >= 15 is 0 Å². The minimum atomic E-state index is 0.0918. The van der Waals surface area contributed by atoms with Crippen LogP contribution < -0.4 is 11.5 Å². The topological polar surface area (TPSA) is 113 Å². The lowest BCUT2D eigenvalue weighted by atomic mass is 9.91. The van der Waals surface area contributed by atoms with Crippen LogP contribution in [-0.4, -0.2) is 46.4 Å². The average Bonchev–Trinajstić information content (AvgIpc) is 3.35. The molecule has 5 N–H and O–H groups in total. The van der Waals surface area contributed by atoms with Gasteiger partial charge in [-0.05, 0) is 30.4 Å². The number of benzene rings is 2. The van der Waals surface area contributed by atoms with E-state index in [9.17, 15) is 4.79 Å². The molecule has 1 atom stereocenters. The van der Waals surface area contributed by atoms with Gasteiger partial charge in [-0.15, -0.1) is 0 Å². The Hall–Kier alpha value is -3.61. The SMILES string of the molecule is NC(N)=NCCCCC(=O)N(CCc1cnc[nH]1)CC(Cc1ccccc1)c1ccccc1. The predicted molar refractivity (Wildman–Crippen MR) is 133 cm³/mol. The molecule has 0 aliphatic carbocycles. The molecule has 3 aromatic rings. The van der Waals surface area contributed by atoms with E-state index in [0.717, 1.165) is 31.4 Å². The van der Waals surface area contributed by atoms with E-state index in [2.05, 4.69) is 63.5 Å². The number of nitrogens with one attached hydrogen (secondary N) is 1. The molecule has 174 valence electrons. The number of imidazole rings is 1. The normalized spacial score (nSPS) is 11.6. The highest BCUT2D eigenvalue weighted by molar-refractivity contribution is 5.76. The van der Waals surface area contributed by atoms with Crippen molar-refractivity contribution in [3.8, 4) is 0 Å². The van der Waals surface area contributed by atoms with E-state index in [-0.39, 0.29) is 17.8 Å². The number of unbranched alkanes of at least 4 members (excludes halogenated alkanes) is 1. The van der Waals surface area contributed by atoms with E-state index in [1.165, 1.54) is 11.1 Å². The number of nitrogens with two attached hydrogens (primary N) is 2.